The van der Waals surface area contributed by atoms with Crippen LogP contribution in [-0.4, -0.2) is 23.7 Å². The maximum Gasteiger partial charge on any atom is 0.251 e. The summed E-state index contributed by atoms with van der Waals surface area (Å²) in [6, 6.07) is 4.05. The number of amides is 1. The first-order valence-electron chi connectivity index (χ1n) is 5.26. The van der Waals surface area contributed by atoms with Crippen molar-refractivity contribution in [2.24, 2.45) is 0 Å². The number of aliphatic hydroxyl groups is 1. The molecule has 88 valence electrons. The van der Waals surface area contributed by atoms with E-state index in [4.69, 9.17) is 5.11 Å². The molecule has 0 saturated heterocycles. The van der Waals surface area contributed by atoms with Crippen LogP contribution in [0.3, 0.4) is 0 Å². The molecule has 0 aliphatic heterocycles. The van der Waals surface area contributed by atoms with Gasteiger partial charge in [0.15, 0.2) is 0 Å². The van der Waals surface area contributed by atoms with Gasteiger partial charge in [0, 0.05) is 5.56 Å². The van der Waals surface area contributed by atoms with Crippen molar-refractivity contribution in [1.29, 1.82) is 0 Å². The fourth-order valence-corrected chi connectivity index (χ4v) is 1.28. The fourth-order valence-electron chi connectivity index (χ4n) is 1.28. The van der Waals surface area contributed by atoms with Gasteiger partial charge >= 0.3 is 0 Å². The maximum absolute atomic E-state index is 13.2. The third-order valence-corrected chi connectivity index (χ3v) is 2.48. The molecule has 0 aromatic heterocycles. The number of carbonyl (C=O) groups excluding carboxylic acids is 1. The van der Waals surface area contributed by atoms with E-state index < -0.39 is 5.82 Å². The molecule has 1 unspecified atom stereocenters. The van der Waals surface area contributed by atoms with Gasteiger partial charge in [-0.15, -0.1) is 0 Å². The number of rotatable bonds is 4. The van der Waals surface area contributed by atoms with Crippen LogP contribution in [0.25, 0.3) is 0 Å². The van der Waals surface area contributed by atoms with Gasteiger partial charge in [-0.1, -0.05) is 13.0 Å². The van der Waals surface area contributed by atoms with Crippen LogP contribution in [0.15, 0.2) is 18.2 Å². The molecule has 0 heterocycles. The predicted molar refractivity (Wildman–Crippen MR) is 59.8 cm³/mol. The number of aryl methyl sites for hydroxylation is 1. The lowest BCUT2D eigenvalue weighted by Gasteiger charge is -2.14. The quantitative estimate of drug-likeness (QED) is 0.818. The number of halogens is 1. The molecule has 1 amide bonds. The summed E-state index contributed by atoms with van der Waals surface area (Å²) in [5.74, 6) is -0.760. The second-order valence-corrected chi connectivity index (χ2v) is 3.73. The average Bonchev–Trinajstić information content (AvgIpc) is 2.29. The topological polar surface area (TPSA) is 49.3 Å². The van der Waals surface area contributed by atoms with Gasteiger partial charge in [0.1, 0.15) is 5.82 Å². The number of hydrogen-bond donors (Lipinski definition) is 2. The molecule has 0 spiro atoms. The van der Waals surface area contributed by atoms with E-state index in [0.717, 1.165) is 0 Å². The van der Waals surface area contributed by atoms with Gasteiger partial charge in [-0.3, -0.25) is 4.79 Å². The van der Waals surface area contributed by atoms with E-state index in [1.807, 2.05) is 6.92 Å². The highest BCUT2D eigenvalue weighted by molar-refractivity contribution is 5.94. The molecule has 3 nitrogen and oxygen atoms in total. The van der Waals surface area contributed by atoms with E-state index in [-0.39, 0.29) is 24.1 Å². The molecule has 4 heteroatoms. The molecule has 1 aromatic carbocycles. The van der Waals surface area contributed by atoms with Crippen molar-refractivity contribution in [3.63, 3.8) is 0 Å². The van der Waals surface area contributed by atoms with Crippen LogP contribution in [0.5, 0.6) is 0 Å². The smallest absolute Gasteiger partial charge is 0.251 e. The molecule has 0 bridgehead atoms. The Hall–Kier alpha value is -1.42. The fraction of sp³-hybridized carbons (Fsp3) is 0.417. The van der Waals surface area contributed by atoms with E-state index in [2.05, 4.69) is 5.32 Å². The van der Waals surface area contributed by atoms with Crippen LogP contribution < -0.4 is 5.32 Å². The van der Waals surface area contributed by atoms with Crippen LogP contribution in [0.1, 0.15) is 29.3 Å². The second-order valence-electron chi connectivity index (χ2n) is 3.73. The van der Waals surface area contributed by atoms with Crippen molar-refractivity contribution in [2.45, 2.75) is 26.3 Å². The molecule has 0 aliphatic carbocycles. The zero-order chi connectivity index (χ0) is 12.1. The lowest BCUT2D eigenvalue weighted by molar-refractivity contribution is 0.0914. The van der Waals surface area contributed by atoms with Gasteiger partial charge in [-0.25, -0.2) is 4.39 Å². The van der Waals surface area contributed by atoms with Gasteiger partial charge in [0.05, 0.1) is 12.6 Å². The highest BCUT2D eigenvalue weighted by Crippen LogP contribution is 2.09. The average molecular weight is 225 g/mol. The SMILES string of the molecule is CCC(CO)NC(=O)c1ccc(C)c(F)c1. The Kier molecular flexibility index (Phi) is 4.43. The summed E-state index contributed by atoms with van der Waals surface area (Å²) in [6.07, 6.45) is 0.635. The van der Waals surface area contributed by atoms with Crippen LogP contribution in [0, 0.1) is 12.7 Å². The summed E-state index contributed by atoms with van der Waals surface area (Å²) >= 11 is 0. The lowest BCUT2D eigenvalue weighted by atomic mass is 10.1. The van der Waals surface area contributed by atoms with Gasteiger partial charge in [0.25, 0.3) is 5.91 Å². The standard InChI is InChI=1S/C12H16FNO2/c1-3-10(7-15)14-12(16)9-5-4-8(2)11(13)6-9/h4-6,10,15H,3,7H2,1-2H3,(H,14,16). The zero-order valence-electron chi connectivity index (χ0n) is 9.46. The summed E-state index contributed by atoms with van der Waals surface area (Å²) in [6.45, 7) is 3.38. The number of aliphatic hydroxyl groups excluding tert-OH is 1. The molecule has 2 N–H and O–H groups in total. The van der Waals surface area contributed by atoms with Crippen molar-refractivity contribution >= 4 is 5.91 Å². The van der Waals surface area contributed by atoms with Crippen LogP contribution in [0.4, 0.5) is 4.39 Å². The molecule has 1 aromatic rings. The first-order chi connectivity index (χ1) is 7.58. The predicted octanol–water partition coefficient (Wildman–Crippen LogP) is 1.63. The summed E-state index contributed by atoms with van der Waals surface area (Å²) in [4.78, 5) is 11.6. The van der Waals surface area contributed by atoms with E-state index in [9.17, 15) is 9.18 Å². The van der Waals surface area contributed by atoms with E-state index in [1.165, 1.54) is 6.07 Å². The van der Waals surface area contributed by atoms with E-state index >= 15 is 0 Å². The number of hydrogen-bond acceptors (Lipinski definition) is 2. The molecule has 1 rings (SSSR count). The minimum absolute atomic E-state index is 0.115. The summed E-state index contributed by atoms with van der Waals surface area (Å²) in [5.41, 5.74) is 0.778. The Morgan fingerprint density at radius 3 is 2.75 bits per heavy atom. The monoisotopic (exact) mass is 225 g/mol. The summed E-state index contributed by atoms with van der Waals surface area (Å²) in [7, 11) is 0. The maximum atomic E-state index is 13.2. The molecule has 0 saturated carbocycles. The molecule has 0 fully saturated rings. The van der Waals surface area contributed by atoms with Crippen molar-refractivity contribution in [3.8, 4) is 0 Å². The Labute approximate surface area is 94.3 Å². The second kappa shape index (κ2) is 5.61. The Bertz CT molecular complexity index is 375. The third-order valence-electron chi connectivity index (χ3n) is 2.48. The van der Waals surface area contributed by atoms with Crippen LogP contribution in [0.2, 0.25) is 0 Å². The largest absolute Gasteiger partial charge is 0.394 e. The summed E-state index contributed by atoms with van der Waals surface area (Å²) < 4.78 is 13.2. The molecule has 0 radical (unpaired) electrons. The Morgan fingerprint density at radius 1 is 1.56 bits per heavy atom. The van der Waals surface area contributed by atoms with Gasteiger partial charge in [0.2, 0.25) is 0 Å². The number of carbonyl (C=O) groups is 1. The Balaban J connectivity index is 2.76. The van der Waals surface area contributed by atoms with Crippen LogP contribution >= 0.6 is 0 Å². The minimum Gasteiger partial charge on any atom is -0.394 e. The van der Waals surface area contributed by atoms with Crippen molar-refractivity contribution < 1.29 is 14.3 Å². The molecule has 1 atom stereocenters. The minimum atomic E-state index is -0.398. The van der Waals surface area contributed by atoms with Gasteiger partial charge in [-0.2, -0.15) is 0 Å². The number of benzene rings is 1. The van der Waals surface area contributed by atoms with Crippen molar-refractivity contribution in [1.82, 2.24) is 5.32 Å². The van der Waals surface area contributed by atoms with Crippen LogP contribution in [-0.2, 0) is 0 Å². The first kappa shape index (κ1) is 12.6. The zero-order valence-corrected chi connectivity index (χ0v) is 9.46. The lowest BCUT2D eigenvalue weighted by Crippen LogP contribution is -2.36. The van der Waals surface area contributed by atoms with Gasteiger partial charge < -0.3 is 10.4 Å². The summed E-state index contributed by atoms with van der Waals surface area (Å²) in [5, 5.41) is 11.6. The van der Waals surface area contributed by atoms with Crippen molar-refractivity contribution in [3.05, 3.63) is 35.1 Å². The van der Waals surface area contributed by atoms with E-state index in [0.29, 0.717) is 12.0 Å². The molecular formula is C12H16FNO2. The normalized spacial score (nSPS) is 12.2. The first-order valence-corrected chi connectivity index (χ1v) is 5.26. The third kappa shape index (κ3) is 3.03. The molecular weight excluding hydrogens is 209 g/mol. The van der Waals surface area contributed by atoms with Gasteiger partial charge in [-0.05, 0) is 31.0 Å². The van der Waals surface area contributed by atoms with Crippen molar-refractivity contribution in [2.75, 3.05) is 6.61 Å². The molecule has 0 aliphatic rings. The Morgan fingerprint density at radius 2 is 2.25 bits per heavy atom. The molecule has 16 heavy (non-hydrogen) atoms. The highest BCUT2D eigenvalue weighted by atomic mass is 19.1. The van der Waals surface area contributed by atoms with E-state index in [1.54, 1.807) is 19.1 Å². The number of nitrogens with one attached hydrogen (secondary N) is 1. The highest BCUT2D eigenvalue weighted by Gasteiger charge is 2.12.